The van der Waals surface area contributed by atoms with E-state index in [1.165, 1.54) is 17.0 Å². The summed E-state index contributed by atoms with van der Waals surface area (Å²) in [5, 5.41) is 33.0. The zero-order valence-electron chi connectivity index (χ0n) is 16.3. The van der Waals surface area contributed by atoms with Crippen molar-refractivity contribution in [1.82, 2.24) is 15.5 Å². The van der Waals surface area contributed by atoms with Crippen molar-refractivity contribution in [3.05, 3.63) is 29.8 Å². The van der Waals surface area contributed by atoms with Crippen LogP contribution in [0.1, 0.15) is 18.4 Å². The smallest absolute Gasteiger partial charge is 0.326 e. The average Bonchev–Trinajstić information content (AvgIpc) is 3.22. The number of phenolic OH excluding ortho intramolecular Hbond substituents is 1. The second kappa shape index (κ2) is 10.6. The summed E-state index contributed by atoms with van der Waals surface area (Å²) >= 11 is 0. The van der Waals surface area contributed by atoms with Gasteiger partial charge < -0.3 is 36.6 Å². The molecule has 2 rings (SSSR count). The van der Waals surface area contributed by atoms with E-state index in [0.29, 0.717) is 18.4 Å². The van der Waals surface area contributed by atoms with Gasteiger partial charge in [-0.3, -0.25) is 14.4 Å². The first-order valence-corrected chi connectivity index (χ1v) is 9.48. The number of phenols is 1. The molecular weight excluding hydrogens is 396 g/mol. The van der Waals surface area contributed by atoms with E-state index in [-0.39, 0.29) is 25.3 Å². The molecule has 164 valence electrons. The number of aliphatic hydroxyl groups excluding tert-OH is 1. The van der Waals surface area contributed by atoms with Crippen LogP contribution in [0.4, 0.5) is 0 Å². The quantitative estimate of drug-likeness (QED) is 0.262. The number of aliphatic hydroxyl groups is 1. The van der Waals surface area contributed by atoms with Crippen molar-refractivity contribution in [2.24, 2.45) is 5.73 Å². The molecule has 3 unspecified atom stereocenters. The number of rotatable bonds is 9. The molecule has 30 heavy (non-hydrogen) atoms. The summed E-state index contributed by atoms with van der Waals surface area (Å²) in [5.41, 5.74) is 5.81. The number of nitrogens with one attached hydrogen (secondary N) is 2. The molecule has 7 N–H and O–H groups in total. The van der Waals surface area contributed by atoms with E-state index < -0.39 is 48.4 Å². The Morgan fingerprint density at radius 3 is 2.37 bits per heavy atom. The molecule has 1 saturated heterocycles. The minimum absolute atomic E-state index is 0.00611. The fourth-order valence-electron chi connectivity index (χ4n) is 3.28. The number of carboxylic acids is 1. The molecule has 1 aromatic rings. The van der Waals surface area contributed by atoms with Crippen LogP contribution in [-0.4, -0.2) is 81.7 Å². The minimum atomic E-state index is -1.24. The predicted octanol–water partition coefficient (Wildman–Crippen LogP) is -2.07. The van der Waals surface area contributed by atoms with Gasteiger partial charge in [-0.05, 0) is 30.5 Å². The molecule has 1 fully saturated rings. The summed E-state index contributed by atoms with van der Waals surface area (Å²) in [6, 6.07) is 2.55. The lowest BCUT2D eigenvalue weighted by Gasteiger charge is -2.28. The molecule has 1 heterocycles. The second-order valence-electron chi connectivity index (χ2n) is 6.97. The maximum Gasteiger partial charge on any atom is 0.326 e. The first kappa shape index (κ1) is 23.1. The molecule has 11 heteroatoms. The van der Waals surface area contributed by atoms with E-state index in [1.807, 2.05) is 0 Å². The van der Waals surface area contributed by atoms with Crippen molar-refractivity contribution in [3.63, 3.8) is 0 Å². The third-order valence-electron chi connectivity index (χ3n) is 4.83. The molecule has 0 bridgehead atoms. The largest absolute Gasteiger partial charge is 0.508 e. The van der Waals surface area contributed by atoms with Crippen molar-refractivity contribution in [3.8, 4) is 5.75 Å². The molecule has 3 amide bonds. The van der Waals surface area contributed by atoms with Gasteiger partial charge in [0.05, 0.1) is 13.2 Å². The Bertz CT molecular complexity index is 784. The van der Waals surface area contributed by atoms with Gasteiger partial charge in [0.2, 0.25) is 17.7 Å². The molecule has 0 aromatic heterocycles. The van der Waals surface area contributed by atoms with Gasteiger partial charge in [0.25, 0.3) is 0 Å². The van der Waals surface area contributed by atoms with E-state index in [1.54, 1.807) is 12.1 Å². The van der Waals surface area contributed by atoms with Crippen LogP contribution >= 0.6 is 0 Å². The summed E-state index contributed by atoms with van der Waals surface area (Å²) in [5.74, 6) is -3.09. The Kier molecular flexibility index (Phi) is 8.13. The number of hydrogen-bond acceptors (Lipinski definition) is 7. The van der Waals surface area contributed by atoms with Crippen molar-refractivity contribution < 1.29 is 34.5 Å². The number of aromatic hydroxyl groups is 1. The highest BCUT2D eigenvalue weighted by molar-refractivity contribution is 5.94. The Morgan fingerprint density at radius 2 is 1.80 bits per heavy atom. The Labute approximate surface area is 172 Å². The fourth-order valence-corrected chi connectivity index (χ4v) is 3.28. The van der Waals surface area contributed by atoms with Crippen LogP contribution in [0.2, 0.25) is 0 Å². The van der Waals surface area contributed by atoms with Crippen LogP contribution in [0, 0.1) is 0 Å². The number of carbonyl (C=O) groups excluding carboxylic acids is 3. The minimum Gasteiger partial charge on any atom is -0.508 e. The SMILES string of the molecule is NCC(=O)NC(CO)C(=O)N1CCCC1C(=O)NC(Cc1ccc(O)cc1)C(=O)O. The Morgan fingerprint density at radius 1 is 1.13 bits per heavy atom. The number of hydrogen-bond donors (Lipinski definition) is 6. The number of carbonyl (C=O) groups is 4. The van der Waals surface area contributed by atoms with Gasteiger partial charge in [-0.1, -0.05) is 12.1 Å². The Hall–Kier alpha value is -3.18. The molecule has 3 atom stereocenters. The number of nitrogens with zero attached hydrogens (tertiary/aromatic N) is 1. The topological polar surface area (TPSA) is 182 Å². The number of nitrogens with two attached hydrogens (primary N) is 1. The van der Waals surface area contributed by atoms with Crippen molar-refractivity contribution >= 4 is 23.7 Å². The normalized spacial score (nSPS) is 17.8. The summed E-state index contributed by atoms with van der Waals surface area (Å²) in [6.45, 7) is -0.777. The molecular formula is C19H26N4O7. The van der Waals surface area contributed by atoms with E-state index in [2.05, 4.69) is 10.6 Å². The lowest BCUT2D eigenvalue weighted by molar-refractivity contribution is -0.145. The molecule has 11 nitrogen and oxygen atoms in total. The van der Waals surface area contributed by atoms with Crippen molar-refractivity contribution in [2.75, 3.05) is 19.7 Å². The number of amides is 3. The van der Waals surface area contributed by atoms with Gasteiger partial charge in [0.1, 0.15) is 23.9 Å². The number of likely N-dealkylation sites (tertiary alicyclic amines) is 1. The van der Waals surface area contributed by atoms with Gasteiger partial charge in [0.15, 0.2) is 0 Å². The molecule has 1 aliphatic rings. The summed E-state index contributed by atoms with van der Waals surface area (Å²) in [7, 11) is 0. The highest BCUT2D eigenvalue weighted by Gasteiger charge is 2.38. The molecule has 1 aromatic carbocycles. The monoisotopic (exact) mass is 422 g/mol. The highest BCUT2D eigenvalue weighted by Crippen LogP contribution is 2.19. The number of carboxylic acid groups (broad SMARTS) is 1. The first-order chi connectivity index (χ1) is 14.3. The molecule has 0 spiro atoms. The van der Waals surface area contributed by atoms with Crippen LogP contribution in [0.5, 0.6) is 5.75 Å². The van der Waals surface area contributed by atoms with Gasteiger partial charge >= 0.3 is 5.97 Å². The van der Waals surface area contributed by atoms with E-state index >= 15 is 0 Å². The lowest BCUT2D eigenvalue weighted by Crippen LogP contribution is -2.57. The van der Waals surface area contributed by atoms with Gasteiger partial charge in [0, 0.05) is 13.0 Å². The van der Waals surface area contributed by atoms with Crippen molar-refractivity contribution in [2.45, 2.75) is 37.4 Å². The zero-order valence-corrected chi connectivity index (χ0v) is 16.3. The van der Waals surface area contributed by atoms with E-state index in [4.69, 9.17) is 5.73 Å². The number of aliphatic carboxylic acids is 1. The zero-order chi connectivity index (χ0) is 22.3. The van der Waals surface area contributed by atoms with Gasteiger partial charge in [-0.25, -0.2) is 4.79 Å². The second-order valence-corrected chi connectivity index (χ2v) is 6.97. The third-order valence-corrected chi connectivity index (χ3v) is 4.83. The van der Waals surface area contributed by atoms with E-state index in [9.17, 15) is 34.5 Å². The van der Waals surface area contributed by atoms with Crippen LogP contribution in [0.3, 0.4) is 0 Å². The van der Waals surface area contributed by atoms with Gasteiger partial charge in [-0.15, -0.1) is 0 Å². The summed E-state index contributed by atoms with van der Waals surface area (Å²) < 4.78 is 0. The van der Waals surface area contributed by atoms with Crippen LogP contribution in [-0.2, 0) is 25.6 Å². The Balaban J connectivity index is 2.07. The predicted molar refractivity (Wildman–Crippen MR) is 104 cm³/mol. The maximum absolute atomic E-state index is 12.7. The van der Waals surface area contributed by atoms with Crippen LogP contribution in [0.25, 0.3) is 0 Å². The highest BCUT2D eigenvalue weighted by atomic mass is 16.4. The molecule has 0 saturated carbocycles. The first-order valence-electron chi connectivity index (χ1n) is 9.48. The molecule has 0 aliphatic carbocycles. The molecule has 0 radical (unpaired) electrons. The van der Waals surface area contributed by atoms with Crippen LogP contribution < -0.4 is 16.4 Å². The fraction of sp³-hybridized carbons (Fsp3) is 0.474. The van der Waals surface area contributed by atoms with Crippen molar-refractivity contribution in [1.29, 1.82) is 0 Å². The lowest BCUT2D eigenvalue weighted by atomic mass is 10.0. The number of benzene rings is 1. The third kappa shape index (κ3) is 5.91. The van der Waals surface area contributed by atoms with Crippen LogP contribution in [0.15, 0.2) is 24.3 Å². The summed E-state index contributed by atoms with van der Waals surface area (Å²) in [4.78, 5) is 49.7. The summed E-state index contributed by atoms with van der Waals surface area (Å²) in [6.07, 6.45) is 0.836. The standard InChI is InChI=1S/C19H26N4O7/c20-9-16(26)21-14(10-24)18(28)23-7-1-2-15(23)17(27)22-13(19(29)30)8-11-3-5-12(25)6-4-11/h3-6,13-15,24-25H,1-2,7-10,20H2,(H,21,26)(H,22,27)(H,29,30). The average molecular weight is 422 g/mol. The van der Waals surface area contributed by atoms with E-state index in [0.717, 1.165) is 0 Å². The van der Waals surface area contributed by atoms with Gasteiger partial charge in [-0.2, -0.15) is 0 Å². The molecule has 1 aliphatic heterocycles. The maximum atomic E-state index is 12.7.